The van der Waals surface area contributed by atoms with E-state index in [0.29, 0.717) is 13.2 Å². The highest BCUT2D eigenvalue weighted by Crippen LogP contribution is 2.20. The number of aryl methyl sites for hydroxylation is 1. The lowest BCUT2D eigenvalue weighted by atomic mass is 10.0. The molecule has 1 aromatic carbocycles. The van der Waals surface area contributed by atoms with Crippen LogP contribution in [0, 0.1) is 0 Å². The zero-order valence-corrected chi connectivity index (χ0v) is 14.2. The molecule has 1 aromatic heterocycles. The Hall–Kier alpha value is -2.07. The molecule has 128 valence electrons. The van der Waals surface area contributed by atoms with Crippen molar-refractivity contribution in [3.63, 3.8) is 0 Å². The van der Waals surface area contributed by atoms with E-state index in [9.17, 15) is 4.79 Å². The van der Waals surface area contributed by atoms with Gasteiger partial charge in [-0.25, -0.2) is 0 Å². The first-order valence-electron chi connectivity index (χ1n) is 8.72. The average Bonchev–Trinajstić information content (AvgIpc) is 3.31. The fourth-order valence-corrected chi connectivity index (χ4v) is 3.15. The molecule has 0 saturated carbocycles. The molecule has 0 N–H and O–H groups in total. The number of benzene rings is 1. The van der Waals surface area contributed by atoms with Crippen LogP contribution in [0.5, 0.6) is 0 Å². The molecule has 1 fully saturated rings. The number of nitrogens with zero attached hydrogens (tertiary/aromatic N) is 1. The smallest absolute Gasteiger partial charge is 0.252 e. The molecule has 1 aliphatic heterocycles. The number of hydrogen-bond donors (Lipinski definition) is 0. The van der Waals surface area contributed by atoms with Crippen molar-refractivity contribution in [2.75, 3.05) is 6.61 Å². The zero-order valence-electron chi connectivity index (χ0n) is 14.2. The van der Waals surface area contributed by atoms with Crippen molar-refractivity contribution in [2.24, 2.45) is 0 Å². The van der Waals surface area contributed by atoms with Gasteiger partial charge < -0.3 is 14.1 Å². The lowest BCUT2D eigenvalue weighted by Crippen LogP contribution is -2.44. The molecule has 1 amide bonds. The summed E-state index contributed by atoms with van der Waals surface area (Å²) in [5.74, 6) is 0.900. The number of rotatable bonds is 7. The maximum Gasteiger partial charge on any atom is 0.252 e. The molecule has 0 unspecified atom stereocenters. The molecule has 1 saturated heterocycles. The van der Waals surface area contributed by atoms with Crippen LogP contribution in [0.15, 0.2) is 53.1 Å². The summed E-state index contributed by atoms with van der Waals surface area (Å²) >= 11 is 0. The first-order valence-corrected chi connectivity index (χ1v) is 8.72. The first kappa shape index (κ1) is 16.8. The molecule has 2 atom stereocenters. The van der Waals surface area contributed by atoms with Gasteiger partial charge in [-0.15, -0.1) is 0 Å². The van der Waals surface area contributed by atoms with Gasteiger partial charge in [-0.2, -0.15) is 0 Å². The van der Waals surface area contributed by atoms with Crippen LogP contribution >= 0.6 is 0 Å². The van der Waals surface area contributed by atoms with Crippen LogP contribution in [0.3, 0.4) is 0 Å². The second-order valence-electron chi connectivity index (χ2n) is 6.42. The number of amides is 1. The summed E-state index contributed by atoms with van der Waals surface area (Å²) in [5.41, 5.74) is 1.30. The molecular weight excluding hydrogens is 302 g/mol. The van der Waals surface area contributed by atoms with E-state index < -0.39 is 0 Å². The molecule has 0 bridgehead atoms. The Labute approximate surface area is 143 Å². The van der Waals surface area contributed by atoms with E-state index in [1.54, 1.807) is 6.26 Å². The summed E-state index contributed by atoms with van der Waals surface area (Å²) in [6.45, 7) is 3.30. The van der Waals surface area contributed by atoms with Crippen molar-refractivity contribution in [2.45, 2.75) is 51.3 Å². The largest absolute Gasteiger partial charge is 0.467 e. The molecule has 3 rings (SSSR count). The third-order valence-electron chi connectivity index (χ3n) is 4.62. The lowest BCUT2D eigenvalue weighted by molar-refractivity contribution is -0.144. The second kappa shape index (κ2) is 8.15. The third-order valence-corrected chi connectivity index (χ3v) is 4.62. The van der Waals surface area contributed by atoms with Crippen molar-refractivity contribution in [1.82, 2.24) is 4.90 Å². The fourth-order valence-electron chi connectivity index (χ4n) is 3.15. The van der Waals surface area contributed by atoms with Gasteiger partial charge in [0.25, 0.3) is 5.91 Å². The van der Waals surface area contributed by atoms with Crippen LogP contribution in [0.4, 0.5) is 0 Å². The first-order chi connectivity index (χ1) is 11.7. The molecule has 2 aromatic rings. The minimum atomic E-state index is -0.292. The Morgan fingerprint density at radius 1 is 1.25 bits per heavy atom. The fraction of sp³-hybridized carbons (Fsp3) is 0.450. The molecule has 1 aliphatic rings. The molecule has 4 heteroatoms. The van der Waals surface area contributed by atoms with Gasteiger partial charge in [0.2, 0.25) is 0 Å². The van der Waals surface area contributed by atoms with E-state index in [4.69, 9.17) is 9.15 Å². The molecule has 2 heterocycles. The van der Waals surface area contributed by atoms with Crippen LogP contribution in [-0.2, 0) is 22.5 Å². The number of hydrogen-bond acceptors (Lipinski definition) is 3. The molecule has 24 heavy (non-hydrogen) atoms. The molecule has 0 radical (unpaired) electrons. The van der Waals surface area contributed by atoms with E-state index >= 15 is 0 Å². The van der Waals surface area contributed by atoms with E-state index in [2.05, 4.69) is 31.2 Å². The van der Waals surface area contributed by atoms with Crippen molar-refractivity contribution in [3.05, 3.63) is 60.1 Å². The van der Waals surface area contributed by atoms with Gasteiger partial charge in [0, 0.05) is 12.6 Å². The Balaban J connectivity index is 1.66. The van der Waals surface area contributed by atoms with Gasteiger partial charge in [0.05, 0.1) is 12.8 Å². The summed E-state index contributed by atoms with van der Waals surface area (Å²) in [5, 5.41) is 0. The highest BCUT2D eigenvalue weighted by molar-refractivity contribution is 5.81. The summed E-state index contributed by atoms with van der Waals surface area (Å²) < 4.78 is 11.1. The Morgan fingerprint density at radius 3 is 2.75 bits per heavy atom. The zero-order chi connectivity index (χ0) is 16.8. The monoisotopic (exact) mass is 327 g/mol. The van der Waals surface area contributed by atoms with Crippen LogP contribution in [0.1, 0.15) is 37.5 Å². The van der Waals surface area contributed by atoms with Gasteiger partial charge in [-0.3, -0.25) is 4.79 Å². The number of carbonyl (C=O) groups excluding carboxylic acids is 1. The van der Waals surface area contributed by atoms with Gasteiger partial charge in [0.15, 0.2) is 0 Å². The third kappa shape index (κ3) is 4.26. The topological polar surface area (TPSA) is 42.7 Å². The van der Waals surface area contributed by atoms with Crippen molar-refractivity contribution >= 4 is 5.91 Å². The maximum atomic E-state index is 12.9. The van der Waals surface area contributed by atoms with Crippen molar-refractivity contribution in [3.8, 4) is 0 Å². The minimum Gasteiger partial charge on any atom is -0.467 e. The van der Waals surface area contributed by atoms with Crippen LogP contribution < -0.4 is 0 Å². The molecule has 0 aliphatic carbocycles. The maximum absolute atomic E-state index is 12.9. The van der Waals surface area contributed by atoms with Gasteiger partial charge in [-0.05, 0) is 50.3 Å². The highest BCUT2D eigenvalue weighted by Gasteiger charge is 2.31. The second-order valence-corrected chi connectivity index (χ2v) is 6.42. The number of ether oxygens (including phenoxy) is 1. The Bertz CT molecular complexity index is 618. The van der Waals surface area contributed by atoms with E-state index in [0.717, 1.165) is 31.4 Å². The number of carbonyl (C=O) groups is 1. The standard InChI is InChI=1S/C20H25NO3/c1-16(11-12-17-7-3-2-4-8-17)21(15-18-9-5-13-23-18)20(22)19-10-6-14-24-19/h2-5,7-9,13,16,19H,6,10-12,14-15H2,1H3/t16-,19-/m0/s1. The van der Waals surface area contributed by atoms with E-state index in [1.165, 1.54) is 5.56 Å². The van der Waals surface area contributed by atoms with Crippen LogP contribution in [0.25, 0.3) is 0 Å². The predicted octanol–water partition coefficient (Wildman–Crippen LogP) is 3.81. The number of furan rings is 1. The summed E-state index contributed by atoms with van der Waals surface area (Å²) in [7, 11) is 0. The molecule has 0 spiro atoms. The van der Waals surface area contributed by atoms with Crippen LogP contribution in [0.2, 0.25) is 0 Å². The van der Waals surface area contributed by atoms with E-state index in [1.807, 2.05) is 23.1 Å². The lowest BCUT2D eigenvalue weighted by Gasteiger charge is -2.30. The van der Waals surface area contributed by atoms with E-state index in [-0.39, 0.29) is 18.1 Å². The normalized spacial score (nSPS) is 18.5. The Kier molecular flexibility index (Phi) is 5.70. The SMILES string of the molecule is C[C@@H](CCc1ccccc1)N(Cc1ccco1)C(=O)[C@@H]1CCCO1. The predicted molar refractivity (Wildman–Crippen MR) is 92.5 cm³/mol. The minimum absolute atomic E-state index is 0.0875. The molecule has 4 nitrogen and oxygen atoms in total. The summed E-state index contributed by atoms with van der Waals surface area (Å²) in [4.78, 5) is 14.8. The van der Waals surface area contributed by atoms with Crippen molar-refractivity contribution in [1.29, 1.82) is 0 Å². The van der Waals surface area contributed by atoms with Gasteiger partial charge in [-0.1, -0.05) is 30.3 Å². The van der Waals surface area contributed by atoms with Gasteiger partial charge >= 0.3 is 0 Å². The average molecular weight is 327 g/mol. The highest BCUT2D eigenvalue weighted by atomic mass is 16.5. The summed E-state index contributed by atoms with van der Waals surface area (Å²) in [6.07, 6.45) is 5.01. The Morgan fingerprint density at radius 2 is 2.08 bits per heavy atom. The van der Waals surface area contributed by atoms with Gasteiger partial charge in [0.1, 0.15) is 11.9 Å². The van der Waals surface area contributed by atoms with Crippen LogP contribution in [-0.4, -0.2) is 29.6 Å². The summed E-state index contributed by atoms with van der Waals surface area (Å²) in [6, 6.07) is 14.3. The molecular formula is C20H25NO3. The quantitative estimate of drug-likeness (QED) is 0.776. The van der Waals surface area contributed by atoms with Crippen molar-refractivity contribution < 1.29 is 13.9 Å².